The van der Waals surface area contributed by atoms with Crippen LogP contribution in [0.15, 0.2) is 48.5 Å². The van der Waals surface area contributed by atoms with Crippen LogP contribution in [0.2, 0.25) is 5.02 Å². The zero-order valence-electron chi connectivity index (χ0n) is 14.5. The summed E-state index contributed by atoms with van der Waals surface area (Å²) in [6, 6.07) is 16.5. The Bertz CT molecular complexity index is 865. The number of nitrogens with zero attached hydrogens (tertiary/aromatic N) is 4. The summed E-state index contributed by atoms with van der Waals surface area (Å²) in [5.74, 6) is 1.13. The van der Waals surface area contributed by atoms with Gasteiger partial charge in [-0.1, -0.05) is 35.9 Å². The lowest BCUT2D eigenvalue weighted by Gasteiger charge is -2.32. The summed E-state index contributed by atoms with van der Waals surface area (Å²) >= 11 is 6.17. The van der Waals surface area contributed by atoms with Crippen LogP contribution in [0.3, 0.4) is 0 Å². The molecular formula is C20H23ClN4. The molecule has 5 heteroatoms. The predicted molar refractivity (Wildman–Crippen MR) is 103 cm³/mol. The van der Waals surface area contributed by atoms with Crippen molar-refractivity contribution in [2.24, 2.45) is 0 Å². The van der Waals surface area contributed by atoms with E-state index < -0.39 is 0 Å². The first-order valence-corrected chi connectivity index (χ1v) is 9.16. The number of aromatic nitrogens is 2. The molecule has 0 N–H and O–H groups in total. The lowest BCUT2D eigenvalue weighted by atomic mass is 10.2. The van der Waals surface area contributed by atoms with E-state index in [1.165, 1.54) is 11.1 Å². The first-order chi connectivity index (χ1) is 12.2. The van der Waals surface area contributed by atoms with Gasteiger partial charge in [0.25, 0.3) is 0 Å². The Labute approximate surface area is 153 Å². The van der Waals surface area contributed by atoms with Gasteiger partial charge in [-0.3, -0.25) is 4.90 Å². The first-order valence-electron chi connectivity index (χ1n) is 8.78. The molecule has 3 aromatic rings. The van der Waals surface area contributed by atoms with Gasteiger partial charge in [-0.2, -0.15) is 0 Å². The van der Waals surface area contributed by atoms with Gasteiger partial charge >= 0.3 is 0 Å². The average molecular weight is 355 g/mol. The monoisotopic (exact) mass is 354 g/mol. The highest BCUT2D eigenvalue weighted by molar-refractivity contribution is 6.30. The molecule has 4 nitrogen and oxygen atoms in total. The molecule has 25 heavy (non-hydrogen) atoms. The molecule has 2 heterocycles. The Morgan fingerprint density at radius 2 is 1.76 bits per heavy atom. The van der Waals surface area contributed by atoms with Gasteiger partial charge in [0.05, 0.1) is 17.6 Å². The first kappa shape index (κ1) is 16.6. The summed E-state index contributed by atoms with van der Waals surface area (Å²) < 4.78 is 2.33. The molecule has 0 atom stereocenters. The number of rotatable bonds is 4. The largest absolute Gasteiger partial charge is 0.322 e. The van der Waals surface area contributed by atoms with E-state index in [0.29, 0.717) is 0 Å². The number of fused-ring (bicyclic) bond motifs is 1. The van der Waals surface area contributed by atoms with E-state index in [-0.39, 0.29) is 0 Å². The Kier molecular flexibility index (Phi) is 4.75. The number of piperazine rings is 1. The van der Waals surface area contributed by atoms with E-state index in [2.05, 4.69) is 51.7 Å². The molecule has 0 spiro atoms. The summed E-state index contributed by atoms with van der Waals surface area (Å²) in [6.07, 6.45) is 0. The topological polar surface area (TPSA) is 24.3 Å². The summed E-state index contributed by atoms with van der Waals surface area (Å²) in [5.41, 5.74) is 3.45. The molecule has 1 saturated heterocycles. The number of para-hydroxylation sites is 2. The van der Waals surface area contributed by atoms with E-state index in [0.717, 1.165) is 55.6 Å². The third-order valence-electron chi connectivity index (χ3n) is 4.92. The SMILES string of the molecule is CN1CCN(Cc2nc3ccccc3n2Cc2cccc(Cl)c2)CC1. The maximum atomic E-state index is 6.17. The Balaban J connectivity index is 1.66. The maximum absolute atomic E-state index is 6.17. The predicted octanol–water partition coefficient (Wildman–Crippen LogP) is 3.49. The van der Waals surface area contributed by atoms with Crippen LogP contribution in [0.25, 0.3) is 11.0 Å². The fourth-order valence-electron chi connectivity index (χ4n) is 3.45. The minimum Gasteiger partial charge on any atom is -0.322 e. The standard InChI is InChI=1S/C20H23ClN4/c1-23-9-11-24(12-10-23)15-20-22-18-7-2-3-8-19(18)25(20)14-16-5-4-6-17(21)13-16/h2-8,13H,9-12,14-15H2,1H3. The van der Waals surface area contributed by atoms with Gasteiger partial charge in [-0.15, -0.1) is 0 Å². The number of halogens is 1. The minimum atomic E-state index is 0.780. The van der Waals surface area contributed by atoms with Crippen LogP contribution < -0.4 is 0 Å². The Hall–Kier alpha value is -1.88. The third kappa shape index (κ3) is 3.71. The van der Waals surface area contributed by atoms with Crippen molar-refractivity contribution in [1.82, 2.24) is 19.4 Å². The molecule has 0 unspecified atom stereocenters. The molecule has 2 aromatic carbocycles. The van der Waals surface area contributed by atoms with E-state index in [9.17, 15) is 0 Å². The van der Waals surface area contributed by atoms with Crippen molar-refractivity contribution in [3.63, 3.8) is 0 Å². The lowest BCUT2D eigenvalue weighted by Crippen LogP contribution is -2.44. The number of hydrogen-bond donors (Lipinski definition) is 0. The summed E-state index contributed by atoms with van der Waals surface area (Å²) in [5, 5.41) is 0.780. The summed E-state index contributed by atoms with van der Waals surface area (Å²) in [4.78, 5) is 9.80. The van der Waals surface area contributed by atoms with E-state index in [1.54, 1.807) is 0 Å². The van der Waals surface area contributed by atoms with E-state index in [1.807, 2.05) is 18.2 Å². The van der Waals surface area contributed by atoms with E-state index in [4.69, 9.17) is 16.6 Å². The normalized spacial score (nSPS) is 16.6. The second kappa shape index (κ2) is 7.16. The zero-order chi connectivity index (χ0) is 17.2. The average Bonchev–Trinajstić information content (AvgIpc) is 2.94. The van der Waals surface area contributed by atoms with Crippen molar-refractivity contribution < 1.29 is 0 Å². The van der Waals surface area contributed by atoms with Gasteiger partial charge in [0, 0.05) is 37.7 Å². The fourth-order valence-corrected chi connectivity index (χ4v) is 3.66. The van der Waals surface area contributed by atoms with Crippen molar-refractivity contribution in [3.8, 4) is 0 Å². The molecule has 1 aliphatic heterocycles. The third-order valence-corrected chi connectivity index (χ3v) is 5.16. The maximum Gasteiger partial charge on any atom is 0.124 e. The van der Waals surface area contributed by atoms with Crippen molar-refractivity contribution in [2.45, 2.75) is 13.1 Å². The zero-order valence-corrected chi connectivity index (χ0v) is 15.3. The van der Waals surface area contributed by atoms with Crippen LogP contribution >= 0.6 is 11.6 Å². The molecule has 0 saturated carbocycles. The minimum absolute atomic E-state index is 0.780. The molecule has 1 aromatic heterocycles. The second-order valence-corrected chi connectivity index (χ2v) is 7.25. The van der Waals surface area contributed by atoms with Gasteiger partial charge in [0.1, 0.15) is 5.82 Å². The number of imidazole rings is 1. The highest BCUT2D eigenvalue weighted by atomic mass is 35.5. The van der Waals surface area contributed by atoms with Gasteiger partial charge in [0.2, 0.25) is 0 Å². The summed E-state index contributed by atoms with van der Waals surface area (Å²) in [7, 11) is 2.19. The molecule has 0 bridgehead atoms. The number of benzene rings is 2. The molecule has 0 amide bonds. The van der Waals surface area contributed by atoms with Crippen molar-refractivity contribution in [3.05, 3.63) is 64.9 Å². The smallest absolute Gasteiger partial charge is 0.124 e. The highest BCUT2D eigenvalue weighted by Gasteiger charge is 2.18. The molecule has 4 rings (SSSR count). The fraction of sp³-hybridized carbons (Fsp3) is 0.350. The van der Waals surface area contributed by atoms with Crippen molar-refractivity contribution >= 4 is 22.6 Å². The molecule has 1 fully saturated rings. The van der Waals surface area contributed by atoms with Crippen LogP contribution in [0, 0.1) is 0 Å². The molecule has 130 valence electrons. The van der Waals surface area contributed by atoms with Gasteiger partial charge < -0.3 is 9.47 Å². The highest BCUT2D eigenvalue weighted by Crippen LogP contribution is 2.21. The van der Waals surface area contributed by atoms with Crippen molar-refractivity contribution in [1.29, 1.82) is 0 Å². The van der Waals surface area contributed by atoms with E-state index >= 15 is 0 Å². The molecule has 0 aliphatic carbocycles. The molecular weight excluding hydrogens is 332 g/mol. The Morgan fingerprint density at radius 1 is 0.960 bits per heavy atom. The van der Waals surface area contributed by atoms with Crippen LogP contribution in [-0.4, -0.2) is 52.6 Å². The van der Waals surface area contributed by atoms with Gasteiger partial charge in [-0.05, 0) is 36.9 Å². The van der Waals surface area contributed by atoms with Crippen LogP contribution in [0.1, 0.15) is 11.4 Å². The second-order valence-electron chi connectivity index (χ2n) is 6.81. The quantitative estimate of drug-likeness (QED) is 0.717. The molecule has 0 radical (unpaired) electrons. The number of likely N-dealkylation sites (N-methyl/N-ethyl adjacent to an activating group) is 1. The van der Waals surface area contributed by atoms with Crippen LogP contribution in [0.5, 0.6) is 0 Å². The molecule has 1 aliphatic rings. The lowest BCUT2D eigenvalue weighted by molar-refractivity contribution is 0.144. The summed E-state index contributed by atoms with van der Waals surface area (Å²) in [6.45, 7) is 6.12. The van der Waals surface area contributed by atoms with Crippen molar-refractivity contribution in [2.75, 3.05) is 33.2 Å². The van der Waals surface area contributed by atoms with Gasteiger partial charge in [0.15, 0.2) is 0 Å². The van der Waals surface area contributed by atoms with Crippen LogP contribution in [0.4, 0.5) is 0 Å². The van der Waals surface area contributed by atoms with Gasteiger partial charge in [-0.25, -0.2) is 4.98 Å². The van der Waals surface area contributed by atoms with Crippen LogP contribution in [-0.2, 0) is 13.1 Å². The Morgan fingerprint density at radius 3 is 2.56 bits per heavy atom. The number of hydrogen-bond acceptors (Lipinski definition) is 3.